The predicted octanol–water partition coefficient (Wildman–Crippen LogP) is 2.45. The zero-order chi connectivity index (χ0) is 16.6. The van der Waals surface area contributed by atoms with Crippen molar-refractivity contribution in [1.82, 2.24) is 15.3 Å². The first-order chi connectivity index (χ1) is 11.8. The number of hydrogen-bond acceptors (Lipinski definition) is 5. The van der Waals surface area contributed by atoms with Crippen molar-refractivity contribution in [3.05, 3.63) is 41.2 Å². The van der Waals surface area contributed by atoms with Crippen molar-refractivity contribution in [2.24, 2.45) is 10.7 Å². The van der Waals surface area contributed by atoms with Crippen molar-refractivity contribution < 1.29 is 0 Å². The van der Waals surface area contributed by atoms with Gasteiger partial charge in [0.25, 0.3) is 0 Å². The molecule has 25 heavy (non-hydrogen) atoms. The normalized spacial score (nSPS) is 14.4. The van der Waals surface area contributed by atoms with E-state index in [1.165, 1.54) is 12.8 Å². The highest BCUT2D eigenvalue weighted by Gasteiger charge is 2.15. The van der Waals surface area contributed by atoms with Gasteiger partial charge in [0.15, 0.2) is 11.1 Å². The number of nitrogens with two attached hydrogens (primary N) is 1. The number of nitrogens with one attached hydrogen (secondary N) is 1. The van der Waals surface area contributed by atoms with E-state index in [2.05, 4.69) is 25.6 Å². The third-order valence-electron chi connectivity index (χ3n) is 3.98. The molecule has 2 aromatic rings. The van der Waals surface area contributed by atoms with Gasteiger partial charge in [0.1, 0.15) is 0 Å². The van der Waals surface area contributed by atoms with Gasteiger partial charge in [0.2, 0.25) is 0 Å². The average molecular weight is 472 g/mol. The van der Waals surface area contributed by atoms with Crippen LogP contribution in [0, 0.1) is 0 Å². The summed E-state index contributed by atoms with van der Waals surface area (Å²) in [4.78, 5) is 15.7. The van der Waals surface area contributed by atoms with Gasteiger partial charge in [-0.25, -0.2) is 4.98 Å². The van der Waals surface area contributed by atoms with E-state index >= 15 is 0 Å². The fraction of sp³-hybridized carbons (Fsp3) is 0.471. The lowest BCUT2D eigenvalue weighted by molar-refractivity contribution is 0.823. The number of pyridine rings is 1. The monoisotopic (exact) mass is 472 g/mol. The molecule has 3 N–H and O–H groups in total. The molecule has 0 spiro atoms. The predicted molar refractivity (Wildman–Crippen MR) is 115 cm³/mol. The van der Waals surface area contributed by atoms with Crippen molar-refractivity contribution >= 4 is 46.4 Å². The Morgan fingerprint density at radius 2 is 2.08 bits per heavy atom. The van der Waals surface area contributed by atoms with Gasteiger partial charge < -0.3 is 16.0 Å². The molecular formula is C17H25IN6S. The van der Waals surface area contributed by atoms with Crippen LogP contribution in [0.15, 0.2) is 34.8 Å². The number of thiazole rings is 1. The number of rotatable bonds is 7. The Bertz CT molecular complexity index is 654. The molecule has 1 saturated heterocycles. The van der Waals surface area contributed by atoms with Crippen LogP contribution in [0.5, 0.6) is 0 Å². The van der Waals surface area contributed by atoms with Crippen molar-refractivity contribution in [1.29, 1.82) is 0 Å². The molecule has 0 unspecified atom stereocenters. The quantitative estimate of drug-likeness (QED) is 0.368. The molecule has 0 aromatic carbocycles. The molecule has 0 atom stereocenters. The zero-order valence-electron chi connectivity index (χ0n) is 14.2. The SMILES string of the molecule is I.NC(=NCCc1ccccn1)NCCc1csc(N2CCCC2)n1. The van der Waals surface area contributed by atoms with Crippen molar-refractivity contribution in [3.63, 3.8) is 0 Å². The minimum Gasteiger partial charge on any atom is -0.370 e. The Morgan fingerprint density at radius 3 is 2.84 bits per heavy atom. The zero-order valence-corrected chi connectivity index (χ0v) is 17.4. The van der Waals surface area contributed by atoms with E-state index in [0.29, 0.717) is 12.5 Å². The Labute approximate surface area is 170 Å². The molecular weight excluding hydrogens is 447 g/mol. The highest BCUT2D eigenvalue weighted by molar-refractivity contribution is 14.0. The maximum atomic E-state index is 5.90. The van der Waals surface area contributed by atoms with Crippen LogP contribution in [0.3, 0.4) is 0 Å². The highest BCUT2D eigenvalue weighted by Crippen LogP contribution is 2.24. The molecule has 1 fully saturated rings. The van der Waals surface area contributed by atoms with Gasteiger partial charge in [-0.1, -0.05) is 6.07 Å². The summed E-state index contributed by atoms with van der Waals surface area (Å²) in [6, 6.07) is 5.90. The Balaban J connectivity index is 0.00000225. The third kappa shape index (κ3) is 6.43. The largest absolute Gasteiger partial charge is 0.370 e. The van der Waals surface area contributed by atoms with Gasteiger partial charge >= 0.3 is 0 Å². The van der Waals surface area contributed by atoms with Gasteiger partial charge in [-0.2, -0.15) is 0 Å². The van der Waals surface area contributed by atoms with Crippen LogP contribution < -0.4 is 16.0 Å². The molecule has 3 rings (SSSR count). The van der Waals surface area contributed by atoms with Crippen LogP contribution in [-0.4, -0.2) is 42.1 Å². The highest BCUT2D eigenvalue weighted by atomic mass is 127. The summed E-state index contributed by atoms with van der Waals surface area (Å²) in [6.45, 7) is 3.68. The maximum absolute atomic E-state index is 5.90. The fourth-order valence-electron chi connectivity index (χ4n) is 2.68. The third-order valence-corrected chi connectivity index (χ3v) is 4.93. The first-order valence-corrected chi connectivity index (χ1v) is 9.32. The Hall–Kier alpha value is -1.42. The second-order valence-electron chi connectivity index (χ2n) is 5.83. The van der Waals surface area contributed by atoms with Crippen molar-refractivity contribution in [2.75, 3.05) is 31.1 Å². The Kier molecular flexibility index (Phi) is 8.39. The summed E-state index contributed by atoms with van der Waals surface area (Å²) in [6.07, 6.45) is 6.02. The van der Waals surface area contributed by atoms with E-state index in [-0.39, 0.29) is 24.0 Å². The molecule has 0 saturated carbocycles. The molecule has 1 aliphatic heterocycles. The minimum absolute atomic E-state index is 0. The lowest BCUT2D eigenvalue weighted by Gasteiger charge is -2.12. The van der Waals surface area contributed by atoms with Gasteiger partial charge in [-0.3, -0.25) is 9.98 Å². The number of nitrogens with zero attached hydrogens (tertiary/aromatic N) is 4. The average Bonchev–Trinajstić information content (AvgIpc) is 3.27. The smallest absolute Gasteiger partial charge is 0.188 e. The summed E-state index contributed by atoms with van der Waals surface area (Å²) in [5, 5.41) is 6.45. The summed E-state index contributed by atoms with van der Waals surface area (Å²) in [5.41, 5.74) is 8.05. The fourth-order valence-corrected chi connectivity index (χ4v) is 3.59. The molecule has 0 aliphatic carbocycles. The topological polar surface area (TPSA) is 79.4 Å². The van der Waals surface area contributed by atoms with Gasteiger partial charge in [-0.15, -0.1) is 35.3 Å². The molecule has 2 aromatic heterocycles. The standard InChI is InChI=1S/C17H24N6S.HI/c18-16(20-9-6-14-5-1-2-8-19-14)21-10-7-15-13-24-17(22-15)23-11-3-4-12-23;/h1-2,5,8,13H,3-4,6-7,9-12H2,(H3,18,20,21);1H. The number of anilines is 1. The summed E-state index contributed by atoms with van der Waals surface area (Å²) in [5.74, 6) is 0.487. The van der Waals surface area contributed by atoms with E-state index in [1.54, 1.807) is 17.5 Å². The van der Waals surface area contributed by atoms with Crippen LogP contribution in [-0.2, 0) is 12.8 Å². The lowest BCUT2D eigenvalue weighted by Crippen LogP contribution is -2.33. The summed E-state index contributed by atoms with van der Waals surface area (Å²) >= 11 is 1.74. The van der Waals surface area contributed by atoms with E-state index < -0.39 is 0 Å². The molecule has 136 valence electrons. The van der Waals surface area contributed by atoms with Gasteiger partial charge in [-0.05, 0) is 25.0 Å². The first-order valence-electron chi connectivity index (χ1n) is 8.44. The number of hydrogen-bond donors (Lipinski definition) is 2. The van der Waals surface area contributed by atoms with E-state index in [1.807, 2.05) is 18.2 Å². The van der Waals surface area contributed by atoms with E-state index in [9.17, 15) is 0 Å². The Morgan fingerprint density at radius 1 is 1.24 bits per heavy atom. The van der Waals surface area contributed by atoms with E-state index in [0.717, 1.165) is 49.0 Å². The van der Waals surface area contributed by atoms with Crippen molar-refractivity contribution in [2.45, 2.75) is 25.7 Å². The van der Waals surface area contributed by atoms with Crippen LogP contribution in [0.1, 0.15) is 24.2 Å². The number of aliphatic imine (C=N–C) groups is 1. The number of aromatic nitrogens is 2. The number of halogens is 1. The number of guanidine groups is 1. The summed E-state index contributed by atoms with van der Waals surface area (Å²) in [7, 11) is 0. The first kappa shape index (κ1) is 19.9. The molecule has 0 radical (unpaired) electrons. The molecule has 1 aliphatic rings. The molecule has 0 amide bonds. The maximum Gasteiger partial charge on any atom is 0.188 e. The second-order valence-corrected chi connectivity index (χ2v) is 6.67. The van der Waals surface area contributed by atoms with Crippen molar-refractivity contribution in [3.8, 4) is 0 Å². The minimum atomic E-state index is 0. The molecule has 0 bridgehead atoms. The van der Waals surface area contributed by atoms with Gasteiger partial charge in [0, 0.05) is 56.3 Å². The van der Waals surface area contributed by atoms with Crippen LogP contribution >= 0.6 is 35.3 Å². The summed E-state index contributed by atoms with van der Waals surface area (Å²) < 4.78 is 0. The lowest BCUT2D eigenvalue weighted by atomic mass is 10.3. The van der Waals surface area contributed by atoms with Crippen LogP contribution in [0.2, 0.25) is 0 Å². The second kappa shape index (κ2) is 10.5. The van der Waals surface area contributed by atoms with Crippen LogP contribution in [0.4, 0.5) is 5.13 Å². The van der Waals surface area contributed by atoms with E-state index in [4.69, 9.17) is 10.7 Å². The van der Waals surface area contributed by atoms with Gasteiger partial charge in [0.05, 0.1) is 5.69 Å². The molecule has 3 heterocycles. The van der Waals surface area contributed by atoms with Crippen LogP contribution in [0.25, 0.3) is 0 Å². The molecule has 6 nitrogen and oxygen atoms in total. The molecule has 8 heteroatoms.